The van der Waals surface area contributed by atoms with E-state index in [1.807, 2.05) is 18.2 Å². The van der Waals surface area contributed by atoms with Gasteiger partial charge < -0.3 is 10.6 Å². The molecule has 0 aliphatic carbocycles. The van der Waals surface area contributed by atoms with Gasteiger partial charge in [0.05, 0.1) is 23.3 Å². The largest absolute Gasteiger partial charge is 0.332 e. The van der Waals surface area contributed by atoms with E-state index in [1.165, 1.54) is 54.4 Å². The number of anilines is 4. The quantitative estimate of drug-likeness (QED) is 0.480. The molecule has 0 bridgehead atoms. The van der Waals surface area contributed by atoms with Crippen molar-refractivity contribution in [1.82, 2.24) is 9.88 Å². The molecule has 1 fully saturated rings. The molecule has 2 heterocycles. The number of carbonyl (C=O) groups excluding carboxylic acids is 3. The third-order valence-corrected chi connectivity index (χ3v) is 6.45. The van der Waals surface area contributed by atoms with Gasteiger partial charge in [-0.2, -0.15) is 0 Å². The number of urea groups is 2. The van der Waals surface area contributed by atoms with Crippen LogP contribution in [0.5, 0.6) is 0 Å². The second kappa shape index (κ2) is 9.81. The maximum atomic E-state index is 12.7. The molecule has 11 nitrogen and oxygen atoms in total. The minimum atomic E-state index is -3.92. The number of imide groups is 1. The SMILES string of the molecule is CC(=O)Nc1ccc(NS(=O)(=O)c2ccc(NC(=O)N3CCN(c4ccccc4)C3=O)cc2)cn1. The molecule has 1 aliphatic rings. The molecule has 3 aromatic rings. The average molecular weight is 495 g/mol. The number of rotatable bonds is 6. The zero-order valence-electron chi connectivity index (χ0n) is 18.6. The number of carbonyl (C=O) groups is 3. The molecule has 1 aromatic heterocycles. The number of nitrogens with zero attached hydrogens (tertiary/aromatic N) is 3. The smallest absolute Gasteiger partial charge is 0.311 e. The van der Waals surface area contributed by atoms with E-state index in [0.717, 1.165) is 4.90 Å². The molecule has 0 radical (unpaired) electrons. The van der Waals surface area contributed by atoms with E-state index in [9.17, 15) is 22.8 Å². The van der Waals surface area contributed by atoms with Gasteiger partial charge in [-0.05, 0) is 48.5 Å². The first-order chi connectivity index (χ1) is 16.7. The molecular weight excluding hydrogens is 472 g/mol. The highest BCUT2D eigenvalue weighted by Gasteiger charge is 2.34. The lowest BCUT2D eigenvalue weighted by Crippen LogP contribution is -2.39. The van der Waals surface area contributed by atoms with Gasteiger partial charge in [-0.3, -0.25) is 14.4 Å². The van der Waals surface area contributed by atoms with Gasteiger partial charge in [0.2, 0.25) is 5.91 Å². The summed E-state index contributed by atoms with van der Waals surface area (Å²) >= 11 is 0. The summed E-state index contributed by atoms with van der Waals surface area (Å²) in [4.78, 5) is 42.9. The Morgan fingerprint density at radius 1 is 0.886 bits per heavy atom. The fourth-order valence-electron chi connectivity index (χ4n) is 3.40. The summed E-state index contributed by atoms with van der Waals surface area (Å²) in [7, 11) is -3.92. The summed E-state index contributed by atoms with van der Waals surface area (Å²) in [5, 5.41) is 5.11. The van der Waals surface area contributed by atoms with Gasteiger partial charge in [0.25, 0.3) is 10.0 Å². The van der Waals surface area contributed by atoms with Crippen LogP contribution in [0.2, 0.25) is 0 Å². The van der Waals surface area contributed by atoms with Crippen molar-refractivity contribution in [2.45, 2.75) is 11.8 Å². The first-order valence-electron chi connectivity index (χ1n) is 10.5. The molecule has 0 atom stereocenters. The lowest BCUT2D eigenvalue weighted by Gasteiger charge is -2.18. The van der Waals surface area contributed by atoms with E-state index in [2.05, 4.69) is 20.3 Å². The Morgan fingerprint density at radius 2 is 1.57 bits per heavy atom. The molecule has 0 unspecified atom stereocenters. The van der Waals surface area contributed by atoms with Gasteiger partial charge in [0.1, 0.15) is 5.82 Å². The fraction of sp³-hybridized carbons (Fsp3) is 0.130. The van der Waals surface area contributed by atoms with Gasteiger partial charge in [-0.1, -0.05) is 18.2 Å². The van der Waals surface area contributed by atoms with Crippen LogP contribution in [0.15, 0.2) is 77.8 Å². The van der Waals surface area contributed by atoms with Crippen molar-refractivity contribution in [3.63, 3.8) is 0 Å². The fourth-order valence-corrected chi connectivity index (χ4v) is 4.45. The lowest BCUT2D eigenvalue weighted by atomic mass is 10.3. The minimum absolute atomic E-state index is 0.0334. The second-order valence-electron chi connectivity index (χ2n) is 7.59. The maximum absolute atomic E-state index is 12.7. The van der Waals surface area contributed by atoms with E-state index in [-0.39, 0.29) is 23.0 Å². The monoisotopic (exact) mass is 494 g/mol. The third-order valence-electron chi connectivity index (χ3n) is 5.06. The van der Waals surface area contributed by atoms with Crippen molar-refractivity contribution in [1.29, 1.82) is 0 Å². The van der Waals surface area contributed by atoms with Crippen LogP contribution in [0.4, 0.5) is 32.5 Å². The van der Waals surface area contributed by atoms with Crippen LogP contribution in [-0.4, -0.2) is 49.4 Å². The number of aromatic nitrogens is 1. The first-order valence-corrected chi connectivity index (χ1v) is 12.0. The molecule has 12 heteroatoms. The van der Waals surface area contributed by atoms with Crippen molar-refractivity contribution in [3.8, 4) is 0 Å². The molecule has 5 amide bonds. The van der Waals surface area contributed by atoms with Crippen molar-refractivity contribution < 1.29 is 22.8 Å². The Balaban J connectivity index is 1.38. The Bertz CT molecular complexity index is 1350. The van der Waals surface area contributed by atoms with Crippen LogP contribution < -0.4 is 20.3 Å². The number of sulfonamides is 1. The van der Waals surface area contributed by atoms with Crippen molar-refractivity contribution >= 4 is 50.9 Å². The van der Waals surface area contributed by atoms with Gasteiger partial charge in [-0.25, -0.2) is 27.9 Å². The lowest BCUT2D eigenvalue weighted by molar-refractivity contribution is -0.114. The van der Waals surface area contributed by atoms with E-state index >= 15 is 0 Å². The van der Waals surface area contributed by atoms with Crippen LogP contribution >= 0.6 is 0 Å². The molecule has 180 valence electrons. The highest BCUT2D eigenvalue weighted by molar-refractivity contribution is 7.92. The van der Waals surface area contributed by atoms with E-state index < -0.39 is 22.1 Å². The predicted octanol–water partition coefficient (Wildman–Crippen LogP) is 3.31. The van der Waals surface area contributed by atoms with E-state index in [0.29, 0.717) is 23.7 Å². The molecule has 1 aliphatic heterocycles. The van der Waals surface area contributed by atoms with Crippen LogP contribution in [0.25, 0.3) is 0 Å². The van der Waals surface area contributed by atoms with Gasteiger partial charge in [-0.15, -0.1) is 0 Å². The second-order valence-corrected chi connectivity index (χ2v) is 9.28. The van der Waals surface area contributed by atoms with Crippen LogP contribution in [0.1, 0.15) is 6.92 Å². The van der Waals surface area contributed by atoms with Crippen molar-refractivity contribution in [3.05, 3.63) is 72.9 Å². The molecule has 0 saturated carbocycles. The minimum Gasteiger partial charge on any atom is -0.311 e. The Labute approximate surface area is 201 Å². The molecule has 3 N–H and O–H groups in total. The summed E-state index contributed by atoms with van der Waals surface area (Å²) in [5.41, 5.74) is 1.25. The number of hydrogen-bond acceptors (Lipinski definition) is 6. The van der Waals surface area contributed by atoms with Crippen LogP contribution in [0, 0.1) is 0 Å². The highest BCUT2D eigenvalue weighted by Crippen LogP contribution is 2.22. The number of nitrogens with one attached hydrogen (secondary N) is 3. The molecule has 1 saturated heterocycles. The van der Waals surface area contributed by atoms with Gasteiger partial charge in [0.15, 0.2) is 0 Å². The highest BCUT2D eigenvalue weighted by atomic mass is 32.2. The third kappa shape index (κ3) is 5.55. The summed E-state index contributed by atoms with van der Waals surface area (Å²) in [6.45, 7) is 1.94. The van der Waals surface area contributed by atoms with Crippen LogP contribution in [-0.2, 0) is 14.8 Å². The van der Waals surface area contributed by atoms with Crippen LogP contribution in [0.3, 0.4) is 0 Å². The van der Waals surface area contributed by atoms with E-state index in [1.54, 1.807) is 12.1 Å². The summed E-state index contributed by atoms with van der Waals surface area (Å²) < 4.78 is 27.7. The van der Waals surface area contributed by atoms with Gasteiger partial charge in [0, 0.05) is 24.8 Å². The Morgan fingerprint density at radius 3 is 2.20 bits per heavy atom. The normalized spacial score (nSPS) is 13.5. The topological polar surface area (TPSA) is 141 Å². The van der Waals surface area contributed by atoms with Gasteiger partial charge >= 0.3 is 12.1 Å². The predicted molar refractivity (Wildman–Crippen MR) is 131 cm³/mol. The number of para-hydroxylation sites is 1. The number of amides is 5. The standard InChI is InChI=1S/C23H22N6O5S/c1-16(30)25-21-12-9-18(15-24-21)27-35(33,34)20-10-7-17(8-11-20)26-22(31)29-14-13-28(23(29)32)19-5-3-2-4-6-19/h2-12,15,27H,13-14H2,1H3,(H,26,31)(H,24,25,30). The molecule has 2 aromatic carbocycles. The molecule has 35 heavy (non-hydrogen) atoms. The Kier molecular flexibility index (Phi) is 6.64. The van der Waals surface area contributed by atoms with Crippen molar-refractivity contribution in [2.75, 3.05) is 33.3 Å². The average Bonchev–Trinajstić information content (AvgIpc) is 3.22. The zero-order chi connectivity index (χ0) is 25.0. The summed E-state index contributed by atoms with van der Waals surface area (Å²) in [6.07, 6.45) is 1.28. The Hall–Kier alpha value is -4.45. The number of hydrogen-bond donors (Lipinski definition) is 3. The number of pyridine rings is 1. The number of benzene rings is 2. The van der Waals surface area contributed by atoms with Crippen molar-refractivity contribution in [2.24, 2.45) is 0 Å². The van der Waals surface area contributed by atoms with E-state index in [4.69, 9.17) is 0 Å². The molecule has 4 rings (SSSR count). The first kappa shape index (κ1) is 23.7. The summed E-state index contributed by atoms with van der Waals surface area (Å²) in [6, 6.07) is 16.5. The zero-order valence-corrected chi connectivity index (χ0v) is 19.5. The maximum Gasteiger partial charge on any atom is 0.332 e. The molecular formula is C23H22N6O5S. The molecule has 0 spiro atoms. The summed E-state index contributed by atoms with van der Waals surface area (Å²) in [5.74, 6) is 0.00421.